The van der Waals surface area contributed by atoms with E-state index in [1.807, 2.05) is 73.7 Å². The topological polar surface area (TPSA) is 39.2 Å². The van der Waals surface area contributed by atoms with Gasteiger partial charge in [0.1, 0.15) is 5.75 Å². The van der Waals surface area contributed by atoms with E-state index in [-0.39, 0.29) is 5.78 Å². The Balaban J connectivity index is 1.73. The zero-order chi connectivity index (χ0) is 19.1. The first-order chi connectivity index (χ1) is 13.2. The van der Waals surface area contributed by atoms with Crippen molar-refractivity contribution in [1.82, 2.24) is 4.98 Å². The van der Waals surface area contributed by atoms with Gasteiger partial charge >= 0.3 is 0 Å². The first kappa shape index (κ1) is 18.9. The van der Waals surface area contributed by atoms with Crippen molar-refractivity contribution in [2.24, 2.45) is 0 Å². The molecule has 0 atom stereocenters. The Morgan fingerprint density at radius 1 is 1.11 bits per heavy atom. The molecule has 0 saturated carbocycles. The number of nitrogens with zero attached hydrogens (tertiary/aromatic N) is 1. The van der Waals surface area contributed by atoms with Gasteiger partial charge in [-0.1, -0.05) is 48.0 Å². The monoisotopic (exact) mass is 375 g/mol. The molecule has 3 rings (SSSR count). The van der Waals surface area contributed by atoms with Gasteiger partial charge < -0.3 is 4.74 Å². The highest BCUT2D eigenvalue weighted by Crippen LogP contribution is 2.28. The van der Waals surface area contributed by atoms with E-state index in [2.05, 4.69) is 4.98 Å². The maximum absolute atomic E-state index is 12.3. The number of benzene rings is 2. The third-order valence-corrected chi connectivity index (χ3v) is 5.07. The van der Waals surface area contributed by atoms with E-state index in [1.165, 1.54) is 0 Å². The van der Waals surface area contributed by atoms with Gasteiger partial charge in [-0.25, -0.2) is 4.98 Å². The third-order valence-electron chi connectivity index (χ3n) is 4.08. The molecule has 0 bridgehead atoms. The van der Waals surface area contributed by atoms with Gasteiger partial charge in [0.05, 0.1) is 12.1 Å². The molecular weight excluding hydrogens is 354 g/mol. The predicted molar refractivity (Wildman–Crippen MR) is 111 cm³/mol. The van der Waals surface area contributed by atoms with Crippen molar-refractivity contribution in [1.29, 1.82) is 0 Å². The molecule has 0 fully saturated rings. The molecule has 2 aromatic carbocycles. The number of aromatic nitrogens is 1. The van der Waals surface area contributed by atoms with E-state index in [0.29, 0.717) is 5.56 Å². The largest absolute Gasteiger partial charge is 0.496 e. The Morgan fingerprint density at radius 2 is 1.93 bits per heavy atom. The van der Waals surface area contributed by atoms with Gasteiger partial charge in [-0.3, -0.25) is 4.79 Å². The van der Waals surface area contributed by atoms with Gasteiger partial charge in [0.2, 0.25) is 0 Å². The summed E-state index contributed by atoms with van der Waals surface area (Å²) in [6.45, 7) is 2.01. The van der Waals surface area contributed by atoms with Crippen molar-refractivity contribution < 1.29 is 9.53 Å². The molecule has 0 aliphatic rings. The van der Waals surface area contributed by atoms with E-state index >= 15 is 0 Å². The molecule has 3 aromatic rings. The SMILES string of the molecule is COc1ccc(/C=C/C(=O)c2ccc(C)cc2)cc1CSc1ccccn1. The summed E-state index contributed by atoms with van der Waals surface area (Å²) >= 11 is 1.65. The van der Waals surface area contributed by atoms with Gasteiger partial charge in [0, 0.05) is 23.1 Å². The highest BCUT2D eigenvalue weighted by Gasteiger charge is 2.06. The van der Waals surface area contributed by atoms with Crippen LogP contribution in [0.1, 0.15) is 27.0 Å². The fourth-order valence-electron chi connectivity index (χ4n) is 2.59. The minimum absolute atomic E-state index is 0.00442. The first-order valence-corrected chi connectivity index (χ1v) is 9.64. The second kappa shape index (κ2) is 9.19. The highest BCUT2D eigenvalue weighted by atomic mass is 32.2. The molecule has 136 valence electrons. The lowest BCUT2D eigenvalue weighted by atomic mass is 10.1. The number of thioether (sulfide) groups is 1. The summed E-state index contributed by atoms with van der Waals surface area (Å²) < 4.78 is 5.47. The minimum Gasteiger partial charge on any atom is -0.496 e. The summed E-state index contributed by atoms with van der Waals surface area (Å²) in [7, 11) is 1.67. The Bertz CT molecular complexity index is 934. The average Bonchev–Trinajstić information content (AvgIpc) is 2.71. The normalized spacial score (nSPS) is 10.9. The molecule has 0 saturated heterocycles. The number of ketones is 1. The number of hydrogen-bond acceptors (Lipinski definition) is 4. The number of ether oxygens (including phenoxy) is 1. The zero-order valence-electron chi connectivity index (χ0n) is 15.4. The van der Waals surface area contributed by atoms with Crippen molar-refractivity contribution in [2.45, 2.75) is 17.7 Å². The van der Waals surface area contributed by atoms with Crippen LogP contribution in [0.25, 0.3) is 6.08 Å². The number of pyridine rings is 1. The van der Waals surface area contributed by atoms with Crippen LogP contribution in [0.15, 0.2) is 78.0 Å². The highest BCUT2D eigenvalue weighted by molar-refractivity contribution is 7.98. The van der Waals surface area contributed by atoms with E-state index in [0.717, 1.165) is 33.2 Å². The molecule has 0 N–H and O–H groups in total. The Kier molecular flexibility index (Phi) is 6.44. The zero-order valence-corrected chi connectivity index (χ0v) is 16.2. The van der Waals surface area contributed by atoms with Crippen LogP contribution >= 0.6 is 11.8 Å². The Hall–Kier alpha value is -2.85. The molecule has 4 heteroatoms. The van der Waals surface area contributed by atoms with Crippen molar-refractivity contribution in [2.75, 3.05) is 7.11 Å². The van der Waals surface area contributed by atoms with Crippen molar-refractivity contribution in [3.8, 4) is 5.75 Å². The van der Waals surface area contributed by atoms with Crippen molar-refractivity contribution in [3.63, 3.8) is 0 Å². The second-order valence-electron chi connectivity index (χ2n) is 6.09. The van der Waals surface area contributed by atoms with Crippen LogP contribution in [-0.2, 0) is 5.75 Å². The molecule has 1 aromatic heterocycles. The molecule has 0 aliphatic carbocycles. The van der Waals surface area contributed by atoms with Crippen LogP contribution in [0, 0.1) is 6.92 Å². The molecule has 0 unspecified atom stereocenters. The maximum atomic E-state index is 12.3. The van der Waals surface area contributed by atoms with E-state index < -0.39 is 0 Å². The van der Waals surface area contributed by atoms with Gasteiger partial charge in [-0.05, 0) is 42.8 Å². The fourth-order valence-corrected chi connectivity index (χ4v) is 3.42. The summed E-state index contributed by atoms with van der Waals surface area (Å²) in [5.74, 6) is 1.57. The molecule has 1 heterocycles. The molecule has 0 amide bonds. The predicted octanol–water partition coefficient (Wildman–Crippen LogP) is 5.59. The fraction of sp³-hybridized carbons (Fsp3) is 0.130. The van der Waals surface area contributed by atoms with E-state index in [4.69, 9.17) is 4.74 Å². The molecule has 3 nitrogen and oxygen atoms in total. The summed E-state index contributed by atoms with van der Waals surface area (Å²) in [5, 5.41) is 0.968. The van der Waals surface area contributed by atoms with Crippen molar-refractivity contribution in [3.05, 3.63) is 95.2 Å². The number of carbonyl (C=O) groups is 1. The average molecular weight is 375 g/mol. The van der Waals surface area contributed by atoms with Crippen LogP contribution < -0.4 is 4.74 Å². The molecule has 27 heavy (non-hydrogen) atoms. The quantitative estimate of drug-likeness (QED) is 0.307. The summed E-state index contributed by atoms with van der Waals surface area (Å²) in [6, 6.07) is 19.4. The van der Waals surface area contributed by atoms with Gasteiger partial charge in [-0.15, -0.1) is 11.8 Å². The molecule has 0 spiro atoms. The summed E-state index contributed by atoms with van der Waals surface area (Å²) in [5.41, 5.74) is 3.86. The maximum Gasteiger partial charge on any atom is 0.185 e. The molecule has 0 aliphatic heterocycles. The van der Waals surface area contributed by atoms with Crippen LogP contribution in [0.4, 0.5) is 0 Å². The molecular formula is C23H21NO2S. The second-order valence-corrected chi connectivity index (χ2v) is 7.09. The standard InChI is InChI=1S/C23H21NO2S/c1-17-6-10-19(11-7-17)21(25)12-8-18-9-13-22(26-2)20(15-18)16-27-23-5-3-4-14-24-23/h3-15H,16H2,1-2H3/b12-8+. The minimum atomic E-state index is -0.00442. The lowest BCUT2D eigenvalue weighted by Gasteiger charge is -2.09. The first-order valence-electron chi connectivity index (χ1n) is 8.65. The summed E-state index contributed by atoms with van der Waals surface area (Å²) in [6.07, 6.45) is 5.24. The van der Waals surface area contributed by atoms with Gasteiger partial charge in [-0.2, -0.15) is 0 Å². The van der Waals surface area contributed by atoms with Crippen LogP contribution in [0.3, 0.4) is 0 Å². The van der Waals surface area contributed by atoms with Crippen LogP contribution in [-0.4, -0.2) is 17.9 Å². The molecule has 0 radical (unpaired) electrons. The van der Waals surface area contributed by atoms with E-state index in [9.17, 15) is 4.79 Å². The smallest absolute Gasteiger partial charge is 0.185 e. The number of aryl methyl sites for hydroxylation is 1. The van der Waals surface area contributed by atoms with E-state index in [1.54, 1.807) is 31.1 Å². The number of hydrogen-bond donors (Lipinski definition) is 0. The lowest BCUT2D eigenvalue weighted by molar-refractivity contribution is 0.104. The van der Waals surface area contributed by atoms with Crippen molar-refractivity contribution >= 4 is 23.6 Å². The Labute approximate surface area is 164 Å². The summed E-state index contributed by atoms with van der Waals surface area (Å²) in [4.78, 5) is 16.7. The number of carbonyl (C=O) groups excluding carboxylic acids is 1. The van der Waals surface area contributed by atoms with Gasteiger partial charge in [0.25, 0.3) is 0 Å². The van der Waals surface area contributed by atoms with Crippen LogP contribution in [0.5, 0.6) is 5.75 Å². The third kappa shape index (κ3) is 5.31. The number of rotatable bonds is 7. The number of allylic oxidation sites excluding steroid dienone is 1. The number of methoxy groups -OCH3 is 1. The Morgan fingerprint density at radius 3 is 2.63 bits per heavy atom. The lowest BCUT2D eigenvalue weighted by Crippen LogP contribution is -1.94. The van der Waals surface area contributed by atoms with Gasteiger partial charge in [0.15, 0.2) is 5.78 Å². The van der Waals surface area contributed by atoms with Crippen LogP contribution in [0.2, 0.25) is 0 Å².